The summed E-state index contributed by atoms with van der Waals surface area (Å²) in [6, 6.07) is 13.5. The van der Waals surface area contributed by atoms with Crippen molar-refractivity contribution in [3.63, 3.8) is 0 Å². The molecule has 1 fully saturated rings. The second-order valence-corrected chi connectivity index (χ2v) is 7.47. The Morgan fingerprint density at radius 3 is 2.19 bits per heavy atom. The van der Waals surface area contributed by atoms with Gasteiger partial charge >= 0.3 is 12.2 Å². The third-order valence-corrected chi connectivity index (χ3v) is 5.02. The van der Waals surface area contributed by atoms with Crippen molar-refractivity contribution in [3.05, 3.63) is 65.7 Å². The van der Waals surface area contributed by atoms with Crippen LogP contribution in [0.1, 0.15) is 17.5 Å². The Bertz CT molecular complexity index is 873. The molecule has 1 aliphatic heterocycles. The number of hydrogen-bond donors (Lipinski definition) is 2. The maximum absolute atomic E-state index is 12.7. The third kappa shape index (κ3) is 7.37. The molecule has 1 saturated heterocycles. The van der Waals surface area contributed by atoms with Gasteiger partial charge in [-0.3, -0.25) is 19.9 Å². The number of rotatable bonds is 5. The molecule has 1 heterocycles. The van der Waals surface area contributed by atoms with Gasteiger partial charge in [0.25, 0.3) is 0 Å². The van der Waals surface area contributed by atoms with Crippen LogP contribution in [0.3, 0.4) is 0 Å². The highest BCUT2D eigenvalue weighted by Crippen LogP contribution is 2.29. The normalized spacial score (nSPS) is 15.8. The van der Waals surface area contributed by atoms with Crippen LogP contribution in [0.4, 0.5) is 23.7 Å². The van der Waals surface area contributed by atoms with Gasteiger partial charge in [0.1, 0.15) is 0 Å². The van der Waals surface area contributed by atoms with Crippen LogP contribution < -0.4 is 10.6 Å². The van der Waals surface area contributed by atoms with E-state index >= 15 is 0 Å². The van der Waals surface area contributed by atoms with Crippen molar-refractivity contribution < 1.29 is 22.8 Å². The van der Waals surface area contributed by atoms with Crippen LogP contribution in [0.2, 0.25) is 0 Å². The lowest BCUT2D eigenvalue weighted by atomic mass is 10.1. The molecule has 1 aliphatic rings. The fourth-order valence-corrected chi connectivity index (χ4v) is 3.45. The van der Waals surface area contributed by atoms with Crippen LogP contribution in [0, 0.1) is 0 Å². The molecule has 0 radical (unpaired) electrons. The number of anilines is 1. The molecule has 0 aliphatic carbocycles. The van der Waals surface area contributed by atoms with Crippen LogP contribution in [-0.4, -0.2) is 54.5 Å². The maximum atomic E-state index is 12.7. The molecule has 3 amide bonds. The maximum Gasteiger partial charge on any atom is 0.416 e. The second kappa shape index (κ2) is 10.4. The summed E-state index contributed by atoms with van der Waals surface area (Å²) in [4.78, 5) is 28.2. The van der Waals surface area contributed by atoms with E-state index in [-0.39, 0.29) is 12.5 Å². The summed E-state index contributed by atoms with van der Waals surface area (Å²) in [6.07, 6.45) is -3.51. The molecule has 166 valence electrons. The summed E-state index contributed by atoms with van der Waals surface area (Å²) in [5.41, 5.74) is 0.763. The molecule has 0 spiro atoms. The lowest BCUT2D eigenvalue weighted by molar-refractivity contribution is -0.137. The minimum atomic E-state index is -4.33. The molecule has 3 rings (SSSR count). The Morgan fingerprint density at radius 2 is 1.52 bits per heavy atom. The smallest absolute Gasteiger partial charge is 0.308 e. The minimum Gasteiger partial charge on any atom is -0.308 e. The number of benzene rings is 2. The van der Waals surface area contributed by atoms with E-state index in [1.54, 1.807) is 24.3 Å². The zero-order valence-corrected chi connectivity index (χ0v) is 17.0. The number of nitrogens with zero attached hydrogens (tertiary/aromatic N) is 2. The number of carbonyl (C=O) groups excluding carboxylic acids is 2. The molecule has 31 heavy (non-hydrogen) atoms. The van der Waals surface area contributed by atoms with Crippen molar-refractivity contribution >= 4 is 17.6 Å². The van der Waals surface area contributed by atoms with Crippen LogP contribution in [0.5, 0.6) is 0 Å². The average Bonchev–Trinajstić information content (AvgIpc) is 2.93. The highest BCUT2D eigenvalue weighted by molar-refractivity contribution is 6.01. The number of nitrogens with one attached hydrogen (secondary N) is 2. The van der Waals surface area contributed by atoms with Crippen molar-refractivity contribution in [2.45, 2.75) is 19.1 Å². The monoisotopic (exact) mass is 434 g/mol. The number of imide groups is 1. The van der Waals surface area contributed by atoms with Crippen molar-refractivity contribution in [2.24, 2.45) is 0 Å². The van der Waals surface area contributed by atoms with Crippen molar-refractivity contribution in [3.8, 4) is 0 Å². The molecule has 2 N–H and O–H groups in total. The summed E-state index contributed by atoms with van der Waals surface area (Å²) in [7, 11) is 0. The molecule has 0 saturated carbocycles. The number of halogens is 3. The van der Waals surface area contributed by atoms with Gasteiger partial charge in [0.05, 0.1) is 12.1 Å². The first-order valence-corrected chi connectivity index (χ1v) is 10.1. The lowest BCUT2D eigenvalue weighted by Crippen LogP contribution is -2.42. The highest BCUT2D eigenvalue weighted by Gasteiger charge is 2.30. The molecular formula is C22H25F3N4O2. The topological polar surface area (TPSA) is 64.7 Å². The first-order chi connectivity index (χ1) is 14.8. The third-order valence-electron chi connectivity index (χ3n) is 5.02. The Kier molecular flexibility index (Phi) is 7.64. The zero-order chi connectivity index (χ0) is 22.3. The number of alkyl halides is 3. The van der Waals surface area contributed by atoms with E-state index in [1.807, 2.05) is 11.0 Å². The Morgan fingerprint density at radius 1 is 0.871 bits per heavy atom. The summed E-state index contributed by atoms with van der Waals surface area (Å²) in [6.45, 7) is 3.47. The Balaban J connectivity index is 1.43. The molecule has 0 unspecified atom stereocenters. The van der Waals surface area contributed by atoms with Gasteiger partial charge < -0.3 is 5.32 Å². The fraction of sp³-hybridized carbons (Fsp3) is 0.364. The van der Waals surface area contributed by atoms with E-state index in [9.17, 15) is 22.8 Å². The lowest BCUT2D eigenvalue weighted by Gasteiger charge is -2.21. The van der Waals surface area contributed by atoms with Gasteiger partial charge in [-0.1, -0.05) is 30.3 Å². The van der Waals surface area contributed by atoms with Crippen LogP contribution in [0.25, 0.3) is 0 Å². The van der Waals surface area contributed by atoms with Crippen molar-refractivity contribution in [2.75, 3.05) is 38.0 Å². The number of amides is 3. The summed E-state index contributed by atoms with van der Waals surface area (Å²) >= 11 is 0. The average molecular weight is 434 g/mol. The van der Waals surface area contributed by atoms with E-state index < -0.39 is 17.8 Å². The first-order valence-electron chi connectivity index (χ1n) is 10.1. The first kappa shape index (κ1) is 22.8. The molecule has 0 bridgehead atoms. The van der Waals surface area contributed by atoms with E-state index in [0.29, 0.717) is 31.9 Å². The number of hydrogen-bond acceptors (Lipinski definition) is 4. The summed E-state index contributed by atoms with van der Waals surface area (Å²) < 4.78 is 38.1. The quantitative estimate of drug-likeness (QED) is 0.756. The van der Waals surface area contributed by atoms with E-state index in [4.69, 9.17) is 0 Å². The van der Waals surface area contributed by atoms with Gasteiger partial charge in [-0.15, -0.1) is 0 Å². The molecule has 2 aromatic rings. The number of carbonyl (C=O) groups is 2. The molecule has 6 nitrogen and oxygen atoms in total. The van der Waals surface area contributed by atoms with Gasteiger partial charge in [0, 0.05) is 25.3 Å². The summed E-state index contributed by atoms with van der Waals surface area (Å²) in [5, 5.41) is 4.93. The minimum absolute atomic E-state index is 0.107. The van der Waals surface area contributed by atoms with Gasteiger partial charge in [-0.25, -0.2) is 4.79 Å². The summed E-state index contributed by atoms with van der Waals surface area (Å²) in [5.74, 6) is -0.385. The zero-order valence-electron chi connectivity index (χ0n) is 17.0. The molecule has 0 atom stereocenters. The van der Waals surface area contributed by atoms with Gasteiger partial charge in [-0.05, 0) is 49.3 Å². The molecular weight excluding hydrogens is 409 g/mol. The number of urea groups is 1. The van der Waals surface area contributed by atoms with Gasteiger partial charge in [-0.2, -0.15) is 13.2 Å². The van der Waals surface area contributed by atoms with Crippen LogP contribution in [0.15, 0.2) is 54.6 Å². The number of para-hydroxylation sites is 1. The van der Waals surface area contributed by atoms with Crippen molar-refractivity contribution in [1.29, 1.82) is 0 Å². The Hall–Kier alpha value is -2.91. The van der Waals surface area contributed by atoms with Crippen LogP contribution >= 0.6 is 0 Å². The standard InChI is InChI=1S/C22H25F3N4O2/c23-22(24,25)18-9-7-17(8-10-18)15-28-11-4-12-29(14-13-28)16-20(30)27-21(31)26-19-5-2-1-3-6-19/h1-3,5-10H,4,11-16H2,(H2,26,27,30,31). The van der Waals surface area contributed by atoms with E-state index in [1.165, 1.54) is 12.1 Å². The Labute approximate surface area is 179 Å². The molecule has 0 aromatic heterocycles. The molecule has 2 aromatic carbocycles. The van der Waals surface area contributed by atoms with Gasteiger partial charge in [0.15, 0.2) is 0 Å². The van der Waals surface area contributed by atoms with Crippen LogP contribution in [-0.2, 0) is 17.5 Å². The van der Waals surface area contributed by atoms with E-state index in [0.717, 1.165) is 30.7 Å². The fourth-order valence-electron chi connectivity index (χ4n) is 3.45. The SMILES string of the molecule is O=C(CN1CCCN(Cc2ccc(C(F)(F)F)cc2)CC1)NC(=O)Nc1ccccc1. The second-order valence-electron chi connectivity index (χ2n) is 7.47. The predicted octanol–water partition coefficient (Wildman–Crippen LogP) is 3.56. The highest BCUT2D eigenvalue weighted by atomic mass is 19.4. The van der Waals surface area contributed by atoms with E-state index in [2.05, 4.69) is 15.5 Å². The van der Waals surface area contributed by atoms with Crippen molar-refractivity contribution in [1.82, 2.24) is 15.1 Å². The van der Waals surface area contributed by atoms with Gasteiger partial charge in [0.2, 0.25) is 5.91 Å². The largest absolute Gasteiger partial charge is 0.416 e. The molecule has 9 heteroatoms. The predicted molar refractivity (Wildman–Crippen MR) is 111 cm³/mol.